The highest BCUT2D eigenvalue weighted by atomic mass is 32.2. The van der Waals surface area contributed by atoms with E-state index >= 15 is 0 Å². The molecule has 3 heterocycles. The highest BCUT2D eigenvalue weighted by Gasteiger charge is 2.59. The van der Waals surface area contributed by atoms with Gasteiger partial charge < -0.3 is 9.80 Å². The molecule has 1 saturated heterocycles. The Labute approximate surface area is 193 Å². The summed E-state index contributed by atoms with van der Waals surface area (Å²) in [6.45, 7) is 8.81. The fourth-order valence-corrected chi connectivity index (χ4v) is 6.13. The second kappa shape index (κ2) is 7.80. The van der Waals surface area contributed by atoms with E-state index in [0.29, 0.717) is 11.4 Å². The molecule has 10 heteroatoms. The molecule has 1 aliphatic carbocycles. The second-order valence-corrected chi connectivity index (χ2v) is 11.0. The molecule has 1 saturated carbocycles. The zero-order valence-electron chi connectivity index (χ0n) is 19.1. The molecule has 2 aliphatic heterocycles. The van der Waals surface area contributed by atoms with E-state index in [4.69, 9.17) is 4.98 Å². The van der Waals surface area contributed by atoms with Gasteiger partial charge in [0.2, 0.25) is 0 Å². The third kappa shape index (κ3) is 3.82. The van der Waals surface area contributed by atoms with Crippen LogP contribution in [0.3, 0.4) is 0 Å². The topological polar surface area (TPSA) is 60.0 Å². The van der Waals surface area contributed by atoms with Crippen LogP contribution in [-0.2, 0) is 10.2 Å². The minimum Gasteiger partial charge on any atom is -0.354 e. The Morgan fingerprint density at radius 1 is 1.09 bits per heavy atom. The van der Waals surface area contributed by atoms with Crippen LogP contribution in [0.15, 0.2) is 30.3 Å². The van der Waals surface area contributed by atoms with Gasteiger partial charge in [-0.2, -0.15) is 8.42 Å². The number of aryl methyl sites for hydroxylation is 1. The van der Waals surface area contributed by atoms with E-state index in [1.807, 2.05) is 25.1 Å². The normalized spacial score (nSPS) is 23.7. The lowest BCUT2D eigenvalue weighted by molar-refractivity contribution is 0.101. The molecule has 7 nitrogen and oxygen atoms in total. The van der Waals surface area contributed by atoms with Crippen LogP contribution in [0.5, 0.6) is 0 Å². The zero-order chi connectivity index (χ0) is 23.5. The second-order valence-electron chi connectivity index (χ2n) is 9.13. The van der Waals surface area contributed by atoms with Crippen LogP contribution in [-0.4, -0.2) is 70.5 Å². The van der Waals surface area contributed by atoms with Crippen molar-refractivity contribution in [3.63, 3.8) is 0 Å². The van der Waals surface area contributed by atoms with Crippen LogP contribution in [0.1, 0.15) is 18.9 Å². The summed E-state index contributed by atoms with van der Waals surface area (Å²) < 4.78 is 55.1. The fourth-order valence-electron chi connectivity index (χ4n) is 4.67. The van der Waals surface area contributed by atoms with Gasteiger partial charge in [-0.05, 0) is 37.2 Å². The van der Waals surface area contributed by atoms with Crippen LogP contribution < -0.4 is 13.5 Å². The standard InChI is InChI=1S/C23H29F2N5O2S/c1-4-28-9-11-29(12-10-28)21-8-5-16(2)22(26-21)17-6-7-19-20(13-17)27(3)33(31,32)30(19)15-18-14-23(18,24)25/h5-8,13,18H,4,9-12,14-15H2,1-3H3. The van der Waals surface area contributed by atoms with Gasteiger partial charge in [-0.25, -0.2) is 13.8 Å². The molecule has 0 spiro atoms. The number of nitrogens with zero attached hydrogens (tertiary/aromatic N) is 5. The third-order valence-corrected chi connectivity index (χ3v) is 8.84. The number of piperazine rings is 1. The van der Waals surface area contributed by atoms with Gasteiger partial charge in [-0.15, -0.1) is 0 Å². The Morgan fingerprint density at radius 3 is 2.42 bits per heavy atom. The highest BCUT2D eigenvalue weighted by Crippen LogP contribution is 2.51. The number of halogens is 2. The summed E-state index contributed by atoms with van der Waals surface area (Å²) in [5.41, 5.74) is 3.52. The number of hydrogen-bond acceptors (Lipinski definition) is 5. The van der Waals surface area contributed by atoms with E-state index < -0.39 is 22.0 Å². The number of benzene rings is 1. The zero-order valence-corrected chi connectivity index (χ0v) is 19.9. The van der Waals surface area contributed by atoms with E-state index in [9.17, 15) is 17.2 Å². The lowest BCUT2D eigenvalue weighted by atomic mass is 10.0. The van der Waals surface area contributed by atoms with E-state index in [1.165, 1.54) is 11.4 Å². The van der Waals surface area contributed by atoms with Crippen molar-refractivity contribution in [3.8, 4) is 11.3 Å². The molecule has 0 N–H and O–H groups in total. The van der Waals surface area contributed by atoms with Crippen molar-refractivity contribution in [2.75, 3.05) is 59.8 Å². The molecule has 1 aromatic heterocycles. The van der Waals surface area contributed by atoms with Crippen molar-refractivity contribution < 1.29 is 17.2 Å². The lowest BCUT2D eigenvalue weighted by Crippen LogP contribution is -2.46. The van der Waals surface area contributed by atoms with Gasteiger partial charge in [-0.3, -0.25) is 8.61 Å². The molecule has 0 radical (unpaired) electrons. The van der Waals surface area contributed by atoms with Crippen molar-refractivity contribution >= 4 is 27.4 Å². The molecule has 1 aromatic carbocycles. The summed E-state index contributed by atoms with van der Waals surface area (Å²) in [6, 6.07) is 9.41. The summed E-state index contributed by atoms with van der Waals surface area (Å²) in [7, 11) is -2.41. The van der Waals surface area contributed by atoms with Crippen LogP contribution in [0, 0.1) is 12.8 Å². The van der Waals surface area contributed by atoms with Crippen molar-refractivity contribution in [3.05, 3.63) is 35.9 Å². The largest absolute Gasteiger partial charge is 0.354 e. The summed E-state index contributed by atoms with van der Waals surface area (Å²) in [5.74, 6) is -2.80. The molecule has 2 fully saturated rings. The molecule has 33 heavy (non-hydrogen) atoms. The first kappa shape index (κ1) is 22.3. The number of fused-ring (bicyclic) bond motifs is 1. The lowest BCUT2D eigenvalue weighted by Gasteiger charge is -2.35. The van der Waals surface area contributed by atoms with E-state index in [0.717, 1.165) is 59.7 Å². The third-order valence-electron chi connectivity index (χ3n) is 7.05. The van der Waals surface area contributed by atoms with Crippen molar-refractivity contribution in [2.24, 2.45) is 5.92 Å². The van der Waals surface area contributed by atoms with Crippen molar-refractivity contribution in [1.82, 2.24) is 9.88 Å². The number of alkyl halides is 2. The van der Waals surface area contributed by atoms with Crippen LogP contribution in [0.4, 0.5) is 26.0 Å². The minimum absolute atomic E-state index is 0.206. The summed E-state index contributed by atoms with van der Waals surface area (Å²) in [6.07, 6.45) is -0.265. The average molecular weight is 478 g/mol. The Morgan fingerprint density at radius 2 is 1.79 bits per heavy atom. The first-order valence-corrected chi connectivity index (χ1v) is 12.8. The van der Waals surface area contributed by atoms with E-state index in [2.05, 4.69) is 16.7 Å². The van der Waals surface area contributed by atoms with Gasteiger partial charge in [0.25, 0.3) is 5.92 Å². The van der Waals surface area contributed by atoms with Gasteiger partial charge >= 0.3 is 10.2 Å². The van der Waals surface area contributed by atoms with Crippen LogP contribution >= 0.6 is 0 Å². The predicted molar refractivity (Wildman–Crippen MR) is 126 cm³/mol. The maximum atomic E-state index is 13.5. The van der Waals surface area contributed by atoms with Crippen molar-refractivity contribution in [1.29, 1.82) is 0 Å². The van der Waals surface area contributed by atoms with Gasteiger partial charge in [0.1, 0.15) is 5.82 Å². The molecule has 2 aromatic rings. The maximum absolute atomic E-state index is 13.5. The number of hydrogen-bond donors (Lipinski definition) is 0. The molecule has 0 amide bonds. The van der Waals surface area contributed by atoms with E-state index in [1.54, 1.807) is 12.1 Å². The van der Waals surface area contributed by atoms with Crippen LogP contribution in [0.2, 0.25) is 0 Å². The van der Waals surface area contributed by atoms with Gasteiger partial charge in [-0.1, -0.05) is 19.1 Å². The SMILES string of the molecule is CCN1CCN(c2ccc(C)c(-c3ccc4c(c3)N(C)S(=O)(=O)N4CC3CC3(F)F)n2)CC1. The monoisotopic (exact) mass is 477 g/mol. The van der Waals surface area contributed by atoms with Crippen LogP contribution in [0.25, 0.3) is 11.3 Å². The molecule has 1 atom stereocenters. The summed E-state index contributed by atoms with van der Waals surface area (Å²) in [5, 5.41) is 0. The highest BCUT2D eigenvalue weighted by molar-refractivity contribution is 7.94. The molecule has 3 aliphatic rings. The Kier molecular flexibility index (Phi) is 5.28. The van der Waals surface area contributed by atoms with Gasteiger partial charge in [0.05, 0.1) is 17.1 Å². The summed E-state index contributed by atoms with van der Waals surface area (Å²) >= 11 is 0. The van der Waals surface area contributed by atoms with Gasteiger partial charge in [0.15, 0.2) is 0 Å². The fraction of sp³-hybridized carbons (Fsp3) is 0.522. The Balaban J connectivity index is 1.46. The first-order chi connectivity index (χ1) is 15.6. The number of likely N-dealkylation sites (N-methyl/N-ethyl adjacent to an activating group) is 1. The van der Waals surface area contributed by atoms with E-state index in [-0.39, 0.29) is 13.0 Å². The molecule has 5 rings (SSSR count). The number of rotatable bonds is 5. The number of pyridine rings is 1. The molecule has 0 bridgehead atoms. The Hall–Kier alpha value is -2.46. The average Bonchev–Trinajstić information content (AvgIpc) is 3.37. The minimum atomic E-state index is -3.87. The van der Waals surface area contributed by atoms with Gasteiger partial charge in [0, 0.05) is 57.7 Å². The smallest absolute Gasteiger partial charge is 0.326 e. The molecular formula is C23H29F2N5O2S. The molecule has 1 unspecified atom stereocenters. The molecule has 178 valence electrons. The predicted octanol–water partition coefficient (Wildman–Crippen LogP) is 3.36. The molecular weight excluding hydrogens is 448 g/mol. The quantitative estimate of drug-likeness (QED) is 0.661. The van der Waals surface area contributed by atoms with Crippen molar-refractivity contribution in [2.45, 2.75) is 26.2 Å². The first-order valence-electron chi connectivity index (χ1n) is 11.4. The number of aromatic nitrogens is 1. The Bertz CT molecular complexity index is 1180. The maximum Gasteiger partial charge on any atom is 0.326 e. The summed E-state index contributed by atoms with van der Waals surface area (Å²) in [4.78, 5) is 9.61. The number of anilines is 3.